The predicted octanol–water partition coefficient (Wildman–Crippen LogP) is 6.07. The quantitative estimate of drug-likeness (QED) is 0.345. The summed E-state index contributed by atoms with van der Waals surface area (Å²) in [4.78, 5) is 18.3. The van der Waals surface area contributed by atoms with Gasteiger partial charge in [0.25, 0.3) is 0 Å². The zero-order valence-corrected chi connectivity index (χ0v) is 22.7. The fourth-order valence-corrected chi connectivity index (χ4v) is 5.73. The van der Waals surface area contributed by atoms with Gasteiger partial charge in [0.05, 0.1) is 13.7 Å². The van der Waals surface area contributed by atoms with Crippen LogP contribution in [-0.2, 0) is 11.2 Å². The van der Waals surface area contributed by atoms with Crippen molar-refractivity contribution in [2.45, 2.75) is 57.7 Å². The first-order valence-electron chi connectivity index (χ1n) is 12.9. The van der Waals surface area contributed by atoms with Gasteiger partial charge in [-0.15, -0.1) is 5.10 Å². The molecule has 2 heterocycles. The summed E-state index contributed by atoms with van der Waals surface area (Å²) in [5, 5.41) is 8.98. The highest BCUT2D eigenvalue weighted by Crippen LogP contribution is 2.46. The maximum atomic E-state index is 13.5. The van der Waals surface area contributed by atoms with Crippen LogP contribution in [0.15, 0.2) is 65.0 Å². The second-order valence-electron chi connectivity index (χ2n) is 10.4. The Bertz CT molecular complexity index is 1320. The van der Waals surface area contributed by atoms with Gasteiger partial charge in [0, 0.05) is 29.9 Å². The molecule has 194 valence electrons. The van der Waals surface area contributed by atoms with Gasteiger partial charge in [-0.05, 0) is 41.5 Å². The number of rotatable bonds is 9. The molecule has 8 heteroatoms. The molecule has 0 spiro atoms. The monoisotopic (exact) mass is 518 g/mol. The van der Waals surface area contributed by atoms with Crippen LogP contribution in [0, 0.1) is 5.41 Å². The zero-order chi connectivity index (χ0) is 26.0. The number of aromatic nitrogens is 3. The Balaban J connectivity index is 1.48. The van der Waals surface area contributed by atoms with Gasteiger partial charge in [0.15, 0.2) is 17.3 Å². The van der Waals surface area contributed by atoms with Gasteiger partial charge < -0.3 is 14.8 Å². The second-order valence-corrected chi connectivity index (χ2v) is 11.4. The molecule has 37 heavy (non-hydrogen) atoms. The largest absolute Gasteiger partial charge is 0.493 e. The van der Waals surface area contributed by atoms with Crippen LogP contribution in [0.3, 0.4) is 0 Å². The molecule has 0 radical (unpaired) electrons. The highest BCUT2D eigenvalue weighted by atomic mass is 32.2. The maximum Gasteiger partial charge on any atom is 0.227 e. The first-order chi connectivity index (χ1) is 17.9. The van der Waals surface area contributed by atoms with Gasteiger partial charge in [0.1, 0.15) is 6.04 Å². The summed E-state index contributed by atoms with van der Waals surface area (Å²) in [5.74, 6) is 3.08. The number of nitrogens with one attached hydrogen (secondary N) is 1. The molecule has 2 aliphatic rings. The van der Waals surface area contributed by atoms with Crippen molar-refractivity contribution >= 4 is 23.5 Å². The molecule has 1 N–H and O–H groups in total. The SMILES string of the molecule is CCCSc1nc2n(n1)C(c1ccc(OCCc3ccccc3)c(OC)c1)C1=C(CC(C)(C)CC1=O)N2. The van der Waals surface area contributed by atoms with Crippen molar-refractivity contribution in [3.05, 3.63) is 70.9 Å². The topological polar surface area (TPSA) is 78.3 Å². The van der Waals surface area contributed by atoms with Gasteiger partial charge in [-0.3, -0.25) is 4.79 Å². The minimum absolute atomic E-state index is 0.108. The first kappa shape index (κ1) is 25.4. The van der Waals surface area contributed by atoms with E-state index >= 15 is 0 Å². The number of fused-ring (bicyclic) bond motifs is 1. The molecule has 0 amide bonds. The third-order valence-electron chi connectivity index (χ3n) is 6.74. The summed E-state index contributed by atoms with van der Waals surface area (Å²) in [6, 6.07) is 15.8. The number of ether oxygens (including phenoxy) is 2. The maximum absolute atomic E-state index is 13.5. The number of carbonyl (C=O) groups excluding carboxylic acids is 1. The second kappa shape index (κ2) is 10.6. The van der Waals surface area contributed by atoms with Crippen molar-refractivity contribution in [3.8, 4) is 11.5 Å². The lowest BCUT2D eigenvalue weighted by molar-refractivity contribution is -0.118. The number of methoxy groups -OCH3 is 1. The number of hydrogen-bond donors (Lipinski definition) is 1. The smallest absolute Gasteiger partial charge is 0.227 e. The van der Waals surface area contributed by atoms with Crippen LogP contribution in [-0.4, -0.2) is 40.0 Å². The van der Waals surface area contributed by atoms with Crippen molar-refractivity contribution in [2.75, 3.05) is 24.8 Å². The fourth-order valence-electron chi connectivity index (χ4n) is 5.05. The van der Waals surface area contributed by atoms with Gasteiger partial charge >= 0.3 is 0 Å². The lowest BCUT2D eigenvalue weighted by Crippen LogP contribution is -2.36. The molecule has 5 rings (SSSR count). The molecule has 7 nitrogen and oxygen atoms in total. The summed E-state index contributed by atoms with van der Waals surface area (Å²) < 4.78 is 13.7. The molecule has 1 aliphatic carbocycles. The minimum Gasteiger partial charge on any atom is -0.493 e. The molecule has 0 fully saturated rings. The standard InChI is InChI=1S/C29H34N4O3S/c1-5-15-37-28-31-27-30-21-17-29(2,3)18-22(34)25(21)26(33(27)32-28)20-11-12-23(24(16-20)35-4)36-14-13-19-9-7-6-8-10-19/h6-12,16,26H,5,13-15,17-18H2,1-4H3,(H,30,31,32). The van der Waals surface area contributed by atoms with E-state index in [1.54, 1.807) is 18.9 Å². The molecule has 0 saturated heterocycles. The lowest BCUT2D eigenvalue weighted by Gasteiger charge is -2.38. The Labute approximate surface area is 222 Å². The summed E-state index contributed by atoms with van der Waals surface area (Å²) >= 11 is 1.63. The van der Waals surface area contributed by atoms with Gasteiger partial charge in [0.2, 0.25) is 11.1 Å². The fraction of sp³-hybridized carbons (Fsp3) is 0.414. The van der Waals surface area contributed by atoms with E-state index in [4.69, 9.17) is 19.6 Å². The molecule has 1 aliphatic heterocycles. The highest BCUT2D eigenvalue weighted by molar-refractivity contribution is 7.99. The van der Waals surface area contributed by atoms with Crippen molar-refractivity contribution < 1.29 is 14.3 Å². The van der Waals surface area contributed by atoms with Crippen molar-refractivity contribution in [1.82, 2.24) is 14.8 Å². The Morgan fingerprint density at radius 1 is 1.14 bits per heavy atom. The average Bonchev–Trinajstić information content (AvgIpc) is 3.28. The zero-order valence-electron chi connectivity index (χ0n) is 21.9. The number of nitrogens with zero attached hydrogens (tertiary/aromatic N) is 3. The lowest BCUT2D eigenvalue weighted by atomic mass is 9.73. The van der Waals surface area contributed by atoms with E-state index in [0.717, 1.165) is 41.8 Å². The number of carbonyl (C=O) groups is 1. The summed E-state index contributed by atoms with van der Waals surface area (Å²) in [7, 11) is 1.64. The number of ketones is 1. The van der Waals surface area contributed by atoms with Gasteiger partial charge in [-0.1, -0.05) is 68.9 Å². The van der Waals surface area contributed by atoms with Crippen LogP contribution in [0.25, 0.3) is 0 Å². The van der Waals surface area contributed by atoms with E-state index in [-0.39, 0.29) is 17.2 Å². The highest BCUT2D eigenvalue weighted by Gasteiger charge is 2.42. The molecular weight excluding hydrogens is 484 g/mol. The number of benzene rings is 2. The van der Waals surface area contributed by atoms with E-state index < -0.39 is 0 Å². The van der Waals surface area contributed by atoms with E-state index in [0.29, 0.717) is 35.6 Å². The van der Waals surface area contributed by atoms with E-state index in [1.807, 2.05) is 41.1 Å². The van der Waals surface area contributed by atoms with E-state index in [2.05, 4.69) is 38.2 Å². The Hall–Kier alpha value is -3.26. The molecular formula is C29H34N4O3S. The average molecular weight is 519 g/mol. The van der Waals surface area contributed by atoms with E-state index in [1.165, 1.54) is 5.56 Å². The van der Waals surface area contributed by atoms with Gasteiger partial charge in [-0.25, -0.2) is 4.68 Å². The third-order valence-corrected chi connectivity index (χ3v) is 7.79. The summed E-state index contributed by atoms with van der Waals surface area (Å²) in [6.45, 7) is 6.96. The predicted molar refractivity (Wildman–Crippen MR) is 146 cm³/mol. The van der Waals surface area contributed by atoms with Crippen molar-refractivity contribution in [2.24, 2.45) is 5.41 Å². The minimum atomic E-state index is -0.370. The summed E-state index contributed by atoms with van der Waals surface area (Å²) in [5.41, 5.74) is 3.75. The van der Waals surface area contributed by atoms with Crippen LogP contribution >= 0.6 is 11.8 Å². The number of allylic oxidation sites excluding steroid dienone is 2. The molecule has 0 saturated carbocycles. The van der Waals surface area contributed by atoms with Crippen LogP contribution in [0.4, 0.5) is 5.95 Å². The number of anilines is 1. The van der Waals surface area contributed by atoms with Gasteiger partial charge in [-0.2, -0.15) is 4.98 Å². The molecule has 1 unspecified atom stereocenters. The van der Waals surface area contributed by atoms with Crippen LogP contribution in [0.5, 0.6) is 11.5 Å². The Kier molecular flexibility index (Phi) is 7.29. The molecule has 1 aromatic heterocycles. The first-order valence-corrected chi connectivity index (χ1v) is 13.8. The van der Waals surface area contributed by atoms with Crippen LogP contribution in [0.2, 0.25) is 0 Å². The van der Waals surface area contributed by atoms with Crippen LogP contribution < -0.4 is 14.8 Å². The molecule has 3 aromatic rings. The van der Waals surface area contributed by atoms with E-state index in [9.17, 15) is 4.79 Å². The van der Waals surface area contributed by atoms with Crippen molar-refractivity contribution in [3.63, 3.8) is 0 Å². The Morgan fingerprint density at radius 2 is 1.95 bits per heavy atom. The summed E-state index contributed by atoms with van der Waals surface area (Å²) in [6.07, 6.45) is 3.13. The number of Topliss-reactive ketones (excluding diaryl/α,β-unsaturated/α-hetero) is 1. The van der Waals surface area contributed by atoms with Crippen LogP contribution in [0.1, 0.15) is 57.2 Å². The number of hydrogen-bond acceptors (Lipinski definition) is 7. The third kappa shape index (κ3) is 5.39. The molecule has 0 bridgehead atoms. The normalized spacial score (nSPS) is 18.2. The molecule has 2 aromatic carbocycles. The number of thioether (sulfide) groups is 1. The Morgan fingerprint density at radius 3 is 2.70 bits per heavy atom. The molecule has 1 atom stereocenters. The van der Waals surface area contributed by atoms with Crippen molar-refractivity contribution in [1.29, 1.82) is 0 Å².